The molecule has 8 heteroatoms. The summed E-state index contributed by atoms with van der Waals surface area (Å²) in [5.74, 6) is 1.23. The molecule has 162 valence electrons. The number of ether oxygens (including phenoxy) is 2. The Morgan fingerprint density at radius 1 is 1.23 bits per heavy atom. The monoisotopic (exact) mass is 424 g/mol. The van der Waals surface area contributed by atoms with E-state index in [0.717, 1.165) is 31.7 Å². The molecule has 1 amide bonds. The largest absolute Gasteiger partial charge is 0.493 e. The summed E-state index contributed by atoms with van der Waals surface area (Å²) in [6.45, 7) is 1.56. The SMILES string of the molecule is COc1ccc(F)cc1OC1CC(C(=O)NC2CCN(c3cc(C#N)ccn3)CC2)C1. The van der Waals surface area contributed by atoms with Crippen molar-refractivity contribution in [1.82, 2.24) is 10.3 Å². The van der Waals surface area contributed by atoms with Crippen molar-refractivity contribution in [3.05, 3.63) is 47.9 Å². The first-order chi connectivity index (χ1) is 15.1. The topological polar surface area (TPSA) is 87.5 Å². The molecule has 0 unspecified atom stereocenters. The number of rotatable bonds is 6. The molecule has 7 nitrogen and oxygen atoms in total. The maximum atomic E-state index is 13.5. The highest BCUT2D eigenvalue weighted by Gasteiger charge is 2.37. The molecule has 4 rings (SSSR count). The van der Waals surface area contributed by atoms with E-state index in [9.17, 15) is 9.18 Å². The van der Waals surface area contributed by atoms with Crippen LogP contribution in [0, 0.1) is 23.1 Å². The van der Waals surface area contributed by atoms with E-state index in [2.05, 4.69) is 21.3 Å². The lowest BCUT2D eigenvalue weighted by atomic mass is 9.81. The average molecular weight is 424 g/mol. The summed E-state index contributed by atoms with van der Waals surface area (Å²) in [4.78, 5) is 19.1. The Balaban J connectivity index is 1.22. The van der Waals surface area contributed by atoms with Crippen molar-refractivity contribution in [2.24, 2.45) is 5.92 Å². The molecule has 2 heterocycles. The summed E-state index contributed by atoms with van der Waals surface area (Å²) >= 11 is 0. The van der Waals surface area contributed by atoms with Gasteiger partial charge < -0.3 is 19.7 Å². The number of amides is 1. The van der Waals surface area contributed by atoms with E-state index in [1.54, 1.807) is 18.3 Å². The smallest absolute Gasteiger partial charge is 0.223 e. The molecule has 1 aliphatic carbocycles. The molecule has 1 aromatic carbocycles. The number of hydrogen-bond acceptors (Lipinski definition) is 6. The maximum absolute atomic E-state index is 13.5. The Labute approximate surface area is 180 Å². The normalized spacial score (nSPS) is 21.0. The zero-order valence-electron chi connectivity index (χ0n) is 17.4. The van der Waals surface area contributed by atoms with Gasteiger partial charge >= 0.3 is 0 Å². The van der Waals surface area contributed by atoms with Crippen LogP contribution in [0.3, 0.4) is 0 Å². The molecule has 0 atom stereocenters. The third-order valence-corrected chi connectivity index (χ3v) is 5.92. The van der Waals surface area contributed by atoms with E-state index in [0.29, 0.717) is 29.9 Å². The highest BCUT2D eigenvalue weighted by atomic mass is 19.1. The van der Waals surface area contributed by atoms with Gasteiger partial charge in [0.25, 0.3) is 0 Å². The average Bonchev–Trinajstić information content (AvgIpc) is 2.76. The molecule has 1 aromatic heterocycles. The molecule has 1 saturated heterocycles. The molecule has 31 heavy (non-hydrogen) atoms. The number of nitrogens with one attached hydrogen (secondary N) is 1. The Hall–Kier alpha value is -3.34. The Morgan fingerprint density at radius 2 is 2.00 bits per heavy atom. The zero-order chi connectivity index (χ0) is 21.8. The van der Waals surface area contributed by atoms with Gasteiger partial charge in [0.2, 0.25) is 5.91 Å². The van der Waals surface area contributed by atoms with Crippen LogP contribution in [0.15, 0.2) is 36.5 Å². The third-order valence-electron chi connectivity index (χ3n) is 5.92. The number of hydrogen-bond donors (Lipinski definition) is 1. The quantitative estimate of drug-likeness (QED) is 0.767. The lowest BCUT2D eigenvalue weighted by Gasteiger charge is -2.37. The van der Waals surface area contributed by atoms with Crippen LogP contribution in [-0.2, 0) is 4.79 Å². The van der Waals surface area contributed by atoms with Gasteiger partial charge in [0.15, 0.2) is 11.5 Å². The van der Waals surface area contributed by atoms with Gasteiger partial charge in [-0.25, -0.2) is 9.37 Å². The number of anilines is 1. The van der Waals surface area contributed by atoms with Crippen LogP contribution in [0.4, 0.5) is 10.2 Å². The summed E-state index contributed by atoms with van der Waals surface area (Å²) < 4.78 is 24.5. The van der Waals surface area contributed by atoms with E-state index >= 15 is 0 Å². The summed E-state index contributed by atoms with van der Waals surface area (Å²) in [6, 6.07) is 9.91. The number of pyridine rings is 1. The fraction of sp³-hybridized carbons (Fsp3) is 0.435. The van der Waals surface area contributed by atoms with E-state index in [4.69, 9.17) is 14.7 Å². The van der Waals surface area contributed by atoms with Crippen LogP contribution in [0.5, 0.6) is 11.5 Å². The van der Waals surface area contributed by atoms with E-state index in [-0.39, 0.29) is 29.8 Å². The lowest BCUT2D eigenvalue weighted by Crippen LogP contribution is -2.50. The van der Waals surface area contributed by atoms with Gasteiger partial charge in [-0.15, -0.1) is 0 Å². The number of piperidine rings is 1. The van der Waals surface area contributed by atoms with Gasteiger partial charge in [0.05, 0.1) is 18.7 Å². The first-order valence-electron chi connectivity index (χ1n) is 10.5. The number of benzene rings is 1. The molecule has 0 spiro atoms. The van der Waals surface area contributed by atoms with Crippen molar-refractivity contribution in [3.8, 4) is 17.6 Å². The number of aromatic nitrogens is 1. The highest BCUT2D eigenvalue weighted by molar-refractivity contribution is 5.80. The summed E-state index contributed by atoms with van der Waals surface area (Å²) in [6.07, 6.45) is 4.40. The standard InChI is InChI=1S/C23H25FN4O3/c1-30-20-3-2-17(24)13-21(20)31-19-11-16(12-19)23(29)27-18-5-8-28(9-6-18)22-10-15(14-25)4-7-26-22/h2-4,7,10,13,16,18-19H,5-6,8-9,11-12H2,1H3,(H,27,29). The molecule has 2 aromatic rings. The molecule has 1 saturated carbocycles. The number of halogens is 1. The van der Waals surface area contributed by atoms with Gasteiger partial charge in [-0.05, 0) is 49.9 Å². The van der Waals surface area contributed by atoms with Gasteiger partial charge in [-0.3, -0.25) is 4.79 Å². The Bertz CT molecular complexity index is 979. The van der Waals surface area contributed by atoms with Crippen LogP contribution >= 0.6 is 0 Å². The molecule has 1 N–H and O–H groups in total. The number of nitrogens with zero attached hydrogens (tertiary/aromatic N) is 3. The van der Waals surface area contributed by atoms with E-state index < -0.39 is 0 Å². The van der Waals surface area contributed by atoms with Crippen molar-refractivity contribution in [2.75, 3.05) is 25.1 Å². The first kappa shape index (κ1) is 20.9. The molecule has 0 radical (unpaired) electrons. The van der Waals surface area contributed by atoms with Crippen molar-refractivity contribution in [2.45, 2.75) is 37.8 Å². The number of carbonyl (C=O) groups excluding carboxylic acids is 1. The molecule has 1 aliphatic heterocycles. The fourth-order valence-corrected chi connectivity index (χ4v) is 4.03. The molecule has 2 aliphatic rings. The summed E-state index contributed by atoms with van der Waals surface area (Å²) in [5.41, 5.74) is 0.595. The second kappa shape index (κ2) is 9.21. The molecular formula is C23H25FN4O3. The van der Waals surface area contributed by atoms with Gasteiger partial charge in [-0.1, -0.05) is 0 Å². The molecular weight excluding hydrogens is 399 g/mol. The zero-order valence-corrected chi connectivity index (χ0v) is 17.4. The van der Waals surface area contributed by atoms with Crippen molar-refractivity contribution in [1.29, 1.82) is 5.26 Å². The minimum atomic E-state index is -0.384. The predicted octanol–water partition coefficient (Wildman–Crippen LogP) is 3.04. The minimum absolute atomic E-state index is 0.0501. The van der Waals surface area contributed by atoms with Crippen LogP contribution in [0.2, 0.25) is 0 Å². The molecule has 2 fully saturated rings. The Morgan fingerprint density at radius 3 is 2.71 bits per heavy atom. The number of nitriles is 1. The van der Waals surface area contributed by atoms with Gasteiger partial charge in [0.1, 0.15) is 17.7 Å². The van der Waals surface area contributed by atoms with Gasteiger partial charge in [-0.2, -0.15) is 5.26 Å². The molecule has 0 bridgehead atoms. The van der Waals surface area contributed by atoms with E-state index in [1.165, 1.54) is 25.3 Å². The third kappa shape index (κ3) is 4.88. The predicted molar refractivity (Wildman–Crippen MR) is 112 cm³/mol. The maximum Gasteiger partial charge on any atom is 0.223 e. The lowest BCUT2D eigenvalue weighted by molar-refractivity contribution is -0.131. The summed E-state index contributed by atoms with van der Waals surface area (Å²) in [7, 11) is 1.51. The van der Waals surface area contributed by atoms with Crippen molar-refractivity contribution < 1.29 is 18.7 Å². The Kier molecular flexibility index (Phi) is 6.21. The number of carbonyl (C=O) groups is 1. The second-order valence-electron chi connectivity index (χ2n) is 7.99. The van der Waals surface area contributed by atoms with Crippen LogP contribution in [0.25, 0.3) is 0 Å². The first-order valence-corrected chi connectivity index (χ1v) is 10.5. The van der Waals surface area contributed by atoms with E-state index in [1.807, 2.05) is 0 Å². The van der Waals surface area contributed by atoms with Crippen molar-refractivity contribution >= 4 is 11.7 Å². The second-order valence-corrected chi connectivity index (χ2v) is 7.99. The minimum Gasteiger partial charge on any atom is -0.493 e. The summed E-state index contributed by atoms with van der Waals surface area (Å²) in [5, 5.41) is 12.2. The van der Waals surface area contributed by atoms with Crippen LogP contribution < -0.4 is 19.7 Å². The van der Waals surface area contributed by atoms with Crippen molar-refractivity contribution in [3.63, 3.8) is 0 Å². The van der Waals surface area contributed by atoms with Crippen LogP contribution in [0.1, 0.15) is 31.2 Å². The van der Waals surface area contributed by atoms with Gasteiger partial charge in [0, 0.05) is 37.3 Å². The van der Waals surface area contributed by atoms with Crippen LogP contribution in [-0.4, -0.2) is 43.2 Å². The highest BCUT2D eigenvalue weighted by Crippen LogP contribution is 2.36. The fourth-order valence-electron chi connectivity index (χ4n) is 4.03. The number of methoxy groups -OCH3 is 1.